The van der Waals surface area contributed by atoms with Crippen LogP contribution in [-0.2, 0) is 10.0 Å². The van der Waals surface area contributed by atoms with Gasteiger partial charge < -0.3 is 0 Å². The van der Waals surface area contributed by atoms with Crippen molar-refractivity contribution in [2.75, 3.05) is 0 Å². The first-order valence-corrected chi connectivity index (χ1v) is 8.48. The van der Waals surface area contributed by atoms with Gasteiger partial charge in [0.05, 0.1) is 5.69 Å². The minimum atomic E-state index is -3.88. The SMILES string of the molecule is Cc1nc(Cl)sc1S(=O)(=O)NC(C)c1ccc(F)cc1F. The molecule has 0 saturated heterocycles. The van der Waals surface area contributed by atoms with Gasteiger partial charge in [0, 0.05) is 17.7 Å². The molecule has 0 fully saturated rings. The number of thiazole rings is 1. The molecule has 4 nitrogen and oxygen atoms in total. The lowest BCUT2D eigenvalue weighted by Crippen LogP contribution is -2.27. The number of nitrogens with zero attached hydrogens (tertiary/aromatic N) is 1. The van der Waals surface area contributed by atoms with Crippen LogP contribution in [0.3, 0.4) is 0 Å². The minimum Gasteiger partial charge on any atom is -0.229 e. The summed E-state index contributed by atoms with van der Waals surface area (Å²) in [6.07, 6.45) is 0. The lowest BCUT2D eigenvalue weighted by atomic mass is 10.1. The Morgan fingerprint density at radius 2 is 2.05 bits per heavy atom. The van der Waals surface area contributed by atoms with Crippen LogP contribution < -0.4 is 4.72 Å². The summed E-state index contributed by atoms with van der Waals surface area (Å²) in [5.74, 6) is -1.54. The van der Waals surface area contributed by atoms with Crippen LogP contribution in [0.25, 0.3) is 0 Å². The molecule has 0 radical (unpaired) electrons. The first-order valence-electron chi connectivity index (χ1n) is 5.81. The molecule has 114 valence electrons. The maximum Gasteiger partial charge on any atom is 0.252 e. The van der Waals surface area contributed by atoms with E-state index in [1.165, 1.54) is 19.9 Å². The van der Waals surface area contributed by atoms with Crippen molar-refractivity contribution in [2.24, 2.45) is 0 Å². The number of nitrogens with one attached hydrogen (secondary N) is 1. The molecule has 1 aromatic heterocycles. The molecule has 1 aromatic carbocycles. The summed E-state index contributed by atoms with van der Waals surface area (Å²) in [6.45, 7) is 2.98. The summed E-state index contributed by atoms with van der Waals surface area (Å²) in [5, 5.41) is 0. The number of hydrogen-bond donors (Lipinski definition) is 1. The second-order valence-corrected chi connectivity index (χ2v) is 7.84. The number of sulfonamides is 1. The van der Waals surface area contributed by atoms with E-state index in [2.05, 4.69) is 9.71 Å². The largest absolute Gasteiger partial charge is 0.252 e. The van der Waals surface area contributed by atoms with Gasteiger partial charge in [-0.25, -0.2) is 26.9 Å². The molecule has 0 aliphatic heterocycles. The van der Waals surface area contributed by atoms with Crippen LogP contribution in [0.1, 0.15) is 24.2 Å². The molecule has 2 rings (SSSR count). The third-order valence-corrected chi connectivity index (χ3v) is 6.15. The van der Waals surface area contributed by atoms with Crippen molar-refractivity contribution in [3.05, 3.63) is 45.6 Å². The average Bonchev–Trinajstić information content (AvgIpc) is 2.68. The molecule has 0 aliphatic carbocycles. The fourth-order valence-electron chi connectivity index (χ4n) is 1.80. The molecule has 1 unspecified atom stereocenters. The molecule has 0 saturated carbocycles. The lowest BCUT2D eigenvalue weighted by molar-refractivity contribution is 0.540. The Bertz CT molecular complexity index is 778. The van der Waals surface area contributed by atoms with Crippen LogP contribution in [0.5, 0.6) is 0 Å². The van der Waals surface area contributed by atoms with Crippen molar-refractivity contribution in [3.63, 3.8) is 0 Å². The van der Waals surface area contributed by atoms with Gasteiger partial charge in [0.2, 0.25) is 0 Å². The molecule has 0 aliphatic rings. The number of aromatic nitrogens is 1. The van der Waals surface area contributed by atoms with E-state index in [1.54, 1.807) is 0 Å². The fraction of sp³-hybridized carbons (Fsp3) is 0.250. The first-order chi connectivity index (χ1) is 9.70. The number of halogens is 3. The van der Waals surface area contributed by atoms with Gasteiger partial charge in [-0.3, -0.25) is 0 Å². The van der Waals surface area contributed by atoms with Gasteiger partial charge >= 0.3 is 0 Å². The van der Waals surface area contributed by atoms with E-state index in [0.717, 1.165) is 17.4 Å². The summed E-state index contributed by atoms with van der Waals surface area (Å²) < 4.78 is 53.4. The number of aryl methyl sites for hydroxylation is 1. The maximum atomic E-state index is 13.7. The molecular weight excluding hydrogens is 342 g/mol. The Balaban J connectivity index is 2.30. The Kier molecular flexibility index (Phi) is 4.62. The number of hydrogen-bond acceptors (Lipinski definition) is 4. The van der Waals surface area contributed by atoms with E-state index < -0.39 is 27.7 Å². The van der Waals surface area contributed by atoms with E-state index in [9.17, 15) is 17.2 Å². The van der Waals surface area contributed by atoms with Crippen molar-refractivity contribution in [1.82, 2.24) is 9.71 Å². The minimum absolute atomic E-state index is 0.0260. The molecule has 0 amide bonds. The summed E-state index contributed by atoms with van der Waals surface area (Å²) in [7, 11) is -3.88. The fourth-order valence-corrected chi connectivity index (χ4v) is 4.78. The van der Waals surface area contributed by atoms with Gasteiger partial charge in [-0.2, -0.15) is 0 Å². The molecule has 0 bridgehead atoms. The first kappa shape index (κ1) is 16.3. The van der Waals surface area contributed by atoms with Crippen molar-refractivity contribution in [2.45, 2.75) is 24.1 Å². The third-order valence-electron chi connectivity index (χ3n) is 2.73. The van der Waals surface area contributed by atoms with Crippen LogP contribution in [-0.4, -0.2) is 13.4 Å². The van der Waals surface area contributed by atoms with Crippen LogP contribution in [0.15, 0.2) is 22.4 Å². The van der Waals surface area contributed by atoms with Crippen LogP contribution in [0.2, 0.25) is 4.47 Å². The van der Waals surface area contributed by atoms with Crippen molar-refractivity contribution in [1.29, 1.82) is 0 Å². The van der Waals surface area contributed by atoms with Gasteiger partial charge in [0.15, 0.2) is 8.68 Å². The zero-order valence-electron chi connectivity index (χ0n) is 11.0. The summed E-state index contributed by atoms with van der Waals surface area (Å²) >= 11 is 6.50. The molecule has 1 heterocycles. The smallest absolute Gasteiger partial charge is 0.229 e. The highest BCUT2D eigenvalue weighted by molar-refractivity contribution is 7.91. The molecular formula is C12H11ClF2N2O2S2. The Labute approximate surface area is 129 Å². The third kappa shape index (κ3) is 3.57. The van der Waals surface area contributed by atoms with E-state index in [4.69, 9.17) is 11.6 Å². The molecule has 1 atom stereocenters. The molecule has 9 heteroatoms. The summed E-state index contributed by atoms with van der Waals surface area (Å²) in [5.41, 5.74) is 0.317. The van der Waals surface area contributed by atoms with E-state index in [0.29, 0.717) is 6.07 Å². The van der Waals surface area contributed by atoms with Crippen LogP contribution >= 0.6 is 22.9 Å². The van der Waals surface area contributed by atoms with Crippen LogP contribution in [0.4, 0.5) is 8.78 Å². The monoisotopic (exact) mass is 352 g/mol. The second kappa shape index (κ2) is 5.96. The van der Waals surface area contributed by atoms with Gasteiger partial charge in [-0.05, 0) is 19.9 Å². The van der Waals surface area contributed by atoms with E-state index in [-0.39, 0.29) is 19.9 Å². The average molecular weight is 353 g/mol. The quantitative estimate of drug-likeness (QED) is 0.917. The highest BCUT2D eigenvalue weighted by Gasteiger charge is 2.25. The van der Waals surface area contributed by atoms with Crippen LogP contribution in [0, 0.1) is 18.6 Å². The zero-order chi connectivity index (χ0) is 15.8. The summed E-state index contributed by atoms with van der Waals surface area (Å²) in [6, 6.07) is 2.10. The Morgan fingerprint density at radius 3 is 2.57 bits per heavy atom. The van der Waals surface area contributed by atoms with Crippen molar-refractivity contribution < 1.29 is 17.2 Å². The van der Waals surface area contributed by atoms with Gasteiger partial charge in [-0.1, -0.05) is 29.0 Å². The van der Waals surface area contributed by atoms with E-state index >= 15 is 0 Å². The van der Waals surface area contributed by atoms with Gasteiger partial charge in [0.1, 0.15) is 11.6 Å². The Morgan fingerprint density at radius 1 is 1.38 bits per heavy atom. The topological polar surface area (TPSA) is 59.1 Å². The predicted molar refractivity (Wildman–Crippen MR) is 77.0 cm³/mol. The van der Waals surface area contributed by atoms with Crippen molar-refractivity contribution >= 4 is 33.0 Å². The Hall–Kier alpha value is -1.09. The normalized spacial score (nSPS) is 13.4. The van der Waals surface area contributed by atoms with Gasteiger partial charge in [0.25, 0.3) is 10.0 Å². The highest BCUT2D eigenvalue weighted by Crippen LogP contribution is 2.28. The van der Waals surface area contributed by atoms with Gasteiger partial charge in [-0.15, -0.1) is 0 Å². The molecule has 1 N–H and O–H groups in total. The zero-order valence-corrected chi connectivity index (χ0v) is 13.4. The standard InChI is InChI=1S/C12H11ClF2N2O2S2/c1-6(9-4-3-8(14)5-10(9)15)17-21(18,19)11-7(2)16-12(13)20-11/h3-6,17H,1-2H3. The molecule has 0 spiro atoms. The highest BCUT2D eigenvalue weighted by atomic mass is 35.5. The number of rotatable bonds is 4. The predicted octanol–water partition coefficient (Wildman–Crippen LogP) is 3.42. The molecule has 2 aromatic rings. The van der Waals surface area contributed by atoms with Crippen molar-refractivity contribution in [3.8, 4) is 0 Å². The van der Waals surface area contributed by atoms with E-state index in [1.807, 2.05) is 0 Å². The molecule has 21 heavy (non-hydrogen) atoms. The lowest BCUT2D eigenvalue weighted by Gasteiger charge is -2.14. The number of benzene rings is 1. The maximum absolute atomic E-state index is 13.7. The second-order valence-electron chi connectivity index (χ2n) is 4.35. The summed E-state index contributed by atoms with van der Waals surface area (Å²) in [4.78, 5) is 3.83.